The highest BCUT2D eigenvalue weighted by atomic mass is 14.2. The SMILES string of the molecule is CCC1C=CC=CC1c1ccccc1C. The Morgan fingerprint density at radius 2 is 1.80 bits per heavy atom. The Hall–Kier alpha value is -1.30. The van der Waals surface area contributed by atoms with Gasteiger partial charge >= 0.3 is 0 Å². The van der Waals surface area contributed by atoms with Crippen molar-refractivity contribution in [2.24, 2.45) is 5.92 Å². The van der Waals surface area contributed by atoms with Crippen LogP contribution in [0, 0.1) is 12.8 Å². The minimum atomic E-state index is 0.571. The zero-order chi connectivity index (χ0) is 10.7. The normalized spacial score (nSPS) is 24.4. The van der Waals surface area contributed by atoms with Crippen molar-refractivity contribution >= 4 is 0 Å². The number of hydrogen-bond acceptors (Lipinski definition) is 0. The van der Waals surface area contributed by atoms with Crippen molar-refractivity contribution in [3.05, 3.63) is 59.7 Å². The van der Waals surface area contributed by atoms with Crippen molar-refractivity contribution in [3.63, 3.8) is 0 Å². The summed E-state index contributed by atoms with van der Waals surface area (Å²) in [5, 5.41) is 0. The summed E-state index contributed by atoms with van der Waals surface area (Å²) in [7, 11) is 0. The summed E-state index contributed by atoms with van der Waals surface area (Å²) in [5.74, 6) is 1.23. The van der Waals surface area contributed by atoms with E-state index in [1.807, 2.05) is 0 Å². The number of rotatable bonds is 2. The minimum absolute atomic E-state index is 0.571. The molecule has 15 heavy (non-hydrogen) atoms. The van der Waals surface area contributed by atoms with Crippen LogP contribution in [0.2, 0.25) is 0 Å². The maximum absolute atomic E-state index is 2.33. The molecule has 1 aromatic carbocycles. The lowest BCUT2D eigenvalue weighted by atomic mass is 9.80. The average Bonchev–Trinajstić information content (AvgIpc) is 2.30. The molecule has 0 saturated carbocycles. The number of aryl methyl sites for hydroxylation is 1. The van der Waals surface area contributed by atoms with Crippen molar-refractivity contribution in [2.75, 3.05) is 0 Å². The van der Waals surface area contributed by atoms with Gasteiger partial charge in [0.15, 0.2) is 0 Å². The Labute approximate surface area is 92.3 Å². The van der Waals surface area contributed by atoms with Gasteiger partial charge in [-0.25, -0.2) is 0 Å². The van der Waals surface area contributed by atoms with Crippen LogP contribution < -0.4 is 0 Å². The molecule has 2 rings (SSSR count). The number of hydrogen-bond donors (Lipinski definition) is 0. The third-order valence-electron chi connectivity index (χ3n) is 3.27. The van der Waals surface area contributed by atoms with Gasteiger partial charge in [-0.1, -0.05) is 55.5 Å². The molecule has 0 spiro atoms. The quantitative estimate of drug-likeness (QED) is 0.667. The van der Waals surface area contributed by atoms with Crippen LogP contribution in [0.25, 0.3) is 0 Å². The smallest absolute Gasteiger partial charge is 0.00865 e. The summed E-state index contributed by atoms with van der Waals surface area (Å²) >= 11 is 0. The van der Waals surface area contributed by atoms with Crippen molar-refractivity contribution in [1.29, 1.82) is 0 Å². The monoisotopic (exact) mass is 198 g/mol. The van der Waals surface area contributed by atoms with Crippen molar-refractivity contribution in [2.45, 2.75) is 26.2 Å². The van der Waals surface area contributed by atoms with Crippen LogP contribution in [-0.4, -0.2) is 0 Å². The zero-order valence-electron chi connectivity index (χ0n) is 9.48. The largest absolute Gasteiger partial charge is 0.0805 e. The van der Waals surface area contributed by atoms with Gasteiger partial charge in [0.05, 0.1) is 0 Å². The predicted octanol–water partition coefficient (Wildman–Crippen LogP) is 4.23. The highest BCUT2D eigenvalue weighted by molar-refractivity contribution is 5.36. The first kappa shape index (κ1) is 10.2. The van der Waals surface area contributed by atoms with E-state index in [9.17, 15) is 0 Å². The fraction of sp³-hybridized carbons (Fsp3) is 0.333. The second-order valence-electron chi connectivity index (χ2n) is 4.22. The Kier molecular flexibility index (Phi) is 3.05. The summed E-state index contributed by atoms with van der Waals surface area (Å²) in [6.45, 7) is 4.47. The molecule has 1 aromatic rings. The van der Waals surface area contributed by atoms with Gasteiger partial charge in [0, 0.05) is 5.92 Å². The maximum atomic E-state index is 2.33. The molecule has 0 aromatic heterocycles. The molecule has 0 N–H and O–H groups in total. The van der Waals surface area contributed by atoms with Gasteiger partial charge in [-0.3, -0.25) is 0 Å². The van der Waals surface area contributed by atoms with Crippen LogP contribution >= 0.6 is 0 Å². The first-order valence-corrected chi connectivity index (χ1v) is 5.73. The molecular weight excluding hydrogens is 180 g/mol. The minimum Gasteiger partial charge on any atom is -0.0805 e. The van der Waals surface area contributed by atoms with Gasteiger partial charge < -0.3 is 0 Å². The summed E-state index contributed by atoms with van der Waals surface area (Å²) in [6, 6.07) is 8.71. The lowest BCUT2D eigenvalue weighted by molar-refractivity contribution is 0.557. The second kappa shape index (κ2) is 4.48. The molecule has 0 heterocycles. The van der Waals surface area contributed by atoms with Gasteiger partial charge in [0.2, 0.25) is 0 Å². The lowest BCUT2D eigenvalue weighted by Gasteiger charge is -2.24. The van der Waals surface area contributed by atoms with Crippen LogP contribution in [0.5, 0.6) is 0 Å². The molecule has 0 saturated heterocycles. The maximum Gasteiger partial charge on any atom is 0.00865 e. The molecule has 0 amide bonds. The van der Waals surface area contributed by atoms with Crippen molar-refractivity contribution in [3.8, 4) is 0 Å². The summed E-state index contributed by atoms with van der Waals surface area (Å²) in [6.07, 6.45) is 10.2. The van der Waals surface area contributed by atoms with E-state index in [1.54, 1.807) is 0 Å². The van der Waals surface area contributed by atoms with Crippen molar-refractivity contribution in [1.82, 2.24) is 0 Å². The first-order valence-electron chi connectivity index (χ1n) is 5.73. The molecule has 0 radical (unpaired) electrons. The van der Waals surface area contributed by atoms with Crippen LogP contribution in [0.15, 0.2) is 48.6 Å². The highest BCUT2D eigenvalue weighted by Gasteiger charge is 2.19. The Bertz CT molecular complexity index is 385. The molecule has 2 atom stereocenters. The molecule has 0 nitrogen and oxygen atoms in total. The molecule has 1 aliphatic rings. The van der Waals surface area contributed by atoms with Crippen LogP contribution in [-0.2, 0) is 0 Å². The van der Waals surface area contributed by atoms with Crippen molar-refractivity contribution < 1.29 is 0 Å². The fourth-order valence-corrected chi connectivity index (χ4v) is 2.34. The summed E-state index contributed by atoms with van der Waals surface area (Å²) in [4.78, 5) is 0. The van der Waals surface area contributed by atoms with Gasteiger partial charge in [0.1, 0.15) is 0 Å². The van der Waals surface area contributed by atoms with Gasteiger partial charge in [-0.2, -0.15) is 0 Å². The molecule has 0 bridgehead atoms. The predicted molar refractivity (Wildman–Crippen MR) is 66.0 cm³/mol. The topological polar surface area (TPSA) is 0 Å². The molecule has 2 unspecified atom stereocenters. The molecule has 0 heteroatoms. The van der Waals surface area contributed by atoms with E-state index in [1.165, 1.54) is 17.5 Å². The van der Waals surface area contributed by atoms with Gasteiger partial charge in [-0.05, 0) is 30.4 Å². The number of allylic oxidation sites excluding steroid dienone is 4. The standard InChI is InChI=1S/C15H18/c1-3-13-9-5-7-11-15(13)14-10-6-4-8-12(14)2/h4-11,13,15H,3H2,1-2H3. The fourth-order valence-electron chi connectivity index (χ4n) is 2.34. The van der Waals surface area contributed by atoms with Crippen LogP contribution in [0.1, 0.15) is 30.4 Å². The molecule has 78 valence electrons. The lowest BCUT2D eigenvalue weighted by Crippen LogP contribution is -2.11. The first-order chi connectivity index (χ1) is 7.33. The molecule has 0 fully saturated rings. The Balaban J connectivity index is 2.34. The van der Waals surface area contributed by atoms with Gasteiger partial charge in [0.25, 0.3) is 0 Å². The van der Waals surface area contributed by atoms with E-state index in [4.69, 9.17) is 0 Å². The molecule has 0 aliphatic heterocycles. The van der Waals surface area contributed by atoms with E-state index in [-0.39, 0.29) is 0 Å². The Morgan fingerprint density at radius 3 is 2.53 bits per heavy atom. The molecule has 1 aliphatic carbocycles. The zero-order valence-corrected chi connectivity index (χ0v) is 9.48. The second-order valence-corrected chi connectivity index (χ2v) is 4.22. The van der Waals surface area contributed by atoms with Crippen LogP contribution in [0.4, 0.5) is 0 Å². The highest BCUT2D eigenvalue weighted by Crippen LogP contribution is 2.33. The molecular formula is C15H18. The number of benzene rings is 1. The van der Waals surface area contributed by atoms with E-state index < -0.39 is 0 Å². The third kappa shape index (κ3) is 2.04. The van der Waals surface area contributed by atoms with Gasteiger partial charge in [-0.15, -0.1) is 0 Å². The van der Waals surface area contributed by atoms with E-state index in [0.29, 0.717) is 11.8 Å². The Morgan fingerprint density at radius 1 is 1.07 bits per heavy atom. The van der Waals surface area contributed by atoms with E-state index in [2.05, 4.69) is 62.4 Å². The average molecular weight is 198 g/mol. The summed E-state index contributed by atoms with van der Waals surface area (Å²) in [5.41, 5.74) is 2.88. The van der Waals surface area contributed by atoms with E-state index >= 15 is 0 Å². The van der Waals surface area contributed by atoms with E-state index in [0.717, 1.165) is 0 Å². The van der Waals surface area contributed by atoms with Crippen LogP contribution in [0.3, 0.4) is 0 Å². The third-order valence-corrected chi connectivity index (χ3v) is 3.27. The summed E-state index contributed by atoms with van der Waals surface area (Å²) < 4.78 is 0.